The van der Waals surface area contributed by atoms with Crippen LogP contribution in [0, 0.1) is 17.8 Å². The first-order valence-electron chi connectivity index (χ1n) is 6.18. The Bertz CT molecular complexity index is 226. The third-order valence-corrected chi connectivity index (χ3v) is 3.95. The van der Waals surface area contributed by atoms with Crippen molar-refractivity contribution >= 4 is 5.91 Å². The van der Waals surface area contributed by atoms with Crippen LogP contribution in [0.5, 0.6) is 0 Å². The first kappa shape index (κ1) is 10.9. The molecule has 3 heteroatoms. The van der Waals surface area contributed by atoms with Crippen LogP contribution in [0.2, 0.25) is 0 Å². The Labute approximate surface area is 92.2 Å². The molecule has 2 rings (SSSR count). The summed E-state index contributed by atoms with van der Waals surface area (Å²) in [5.74, 6) is 1.98. The summed E-state index contributed by atoms with van der Waals surface area (Å²) in [6.07, 6.45) is 2.22. The van der Waals surface area contributed by atoms with Crippen molar-refractivity contribution in [3.63, 3.8) is 0 Å². The van der Waals surface area contributed by atoms with Crippen LogP contribution in [-0.4, -0.2) is 37.0 Å². The molecule has 3 atom stereocenters. The number of amides is 1. The fraction of sp³-hybridized carbons (Fsp3) is 0.917. The third kappa shape index (κ3) is 2.33. The maximum Gasteiger partial charge on any atom is 0.226 e. The molecular weight excluding hydrogens is 188 g/mol. The molecule has 3 unspecified atom stereocenters. The predicted molar refractivity (Wildman–Crippen MR) is 60.5 cm³/mol. The second kappa shape index (κ2) is 4.52. The summed E-state index contributed by atoms with van der Waals surface area (Å²) in [6, 6.07) is 0. The highest BCUT2D eigenvalue weighted by atomic mass is 16.2. The van der Waals surface area contributed by atoms with Gasteiger partial charge in [-0.25, -0.2) is 0 Å². The van der Waals surface area contributed by atoms with Gasteiger partial charge in [0.1, 0.15) is 0 Å². The van der Waals surface area contributed by atoms with Gasteiger partial charge < -0.3 is 10.2 Å². The van der Waals surface area contributed by atoms with E-state index in [-0.39, 0.29) is 5.92 Å². The lowest BCUT2D eigenvalue weighted by molar-refractivity contribution is -0.135. The second-order valence-electron chi connectivity index (χ2n) is 5.24. The van der Waals surface area contributed by atoms with Crippen LogP contribution in [0.4, 0.5) is 0 Å². The van der Waals surface area contributed by atoms with E-state index in [1.807, 2.05) is 0 Å². The lowest BCUT2D eigenvalue weighted by Gasteiger charge is -2.26. The van der Waals surface area contributed by atoms with E-state index in [2.05, 4.69) is 24.1 Å². The quantitative estimate of drug-likeness (QED) is 0.703. The normalized spacial score (nSPS) is 36.9. The molecule has 1 N–H and O–H groups in total. The molecule has 0 aromatic heterocycles. The van der Waals surface area contributed by atoms with Crippen molar-refractivity contribution in [3.8, 4) is 0 Å². The summed E-state index contributed by atoms with van der Waals surface area (Å²) in [4.78, 5) is 14.3. The standard InChI is InChI=1S/C12H22N2O/c1-9-7-14(8-10(9)2)12(15)11-4-3-5-13-6-11/h9-11,13H,3-8H2,1-2H3. The summed E-state index contributed by atoms with van der Waals surface area (Å²) in [6.45, 7) is 8.40. The number of hydrogen-bond donors (Lipinski definition) is 1. The maximum atomic E-state index is 12.2. The molecule has 0 aromatic carbocycles. The molecule has 0 radical (unpaired) electrons. The lowest BCUT2D eigenvalue weighted by Crippen LogP contribution is -2.42. The van der Waals surface area contributed by atoms with Gasteiger partial charge in [0, 0.05) is 19.6 Å². The Morgan fingerprint density at radius 3 is 2.47 bits per heavy atom. The van der Waals surface area contributed by atoms with Crippen molar-refractivity contribution in [1.29, 1.82) is 0 Å². The minimum atomic E-state index is 0.247. The molecule has 0 bridgehead atoms. The Morgan fingerprint density at radius 1 is 1.27 bits per heavy atom. The van der Waals surface area contributed by atoms with Crippen LogP contribution in [0.25, 0.3) is 0 Å². The van der Waals surface area contributed by atoms with E-state index in [9.17, 15) is 4.79 Å². The minimum Gasteiger partial charge on any atom is -0.342 e. The Morgan fingerprint density at radius 2 is 1.93 bits per heavy atom. The van der Waals surface area contributed by atoms with Gasteiger partial charge in [0.2, 0.25) is 5.91 Å². The van der Waals surface area contributed by atoms with Crippen LogP contribution in [-0.2, 0) is 4.79 Å². The van der Waals surface area contributed by atoms with Crippen LogP contribution in [0.1, 0.15) is 26.7 Å². The van der Waals surface area contributed by atoms with Crippen molar-refractivity contribution in [1.82, 2.24) is 10.2 Å². The van der Waals surface area contributed by atoms with Crippen LogP contribution in [0.15, 0.2) is 0 Å². The highest BCUT2D eigenvalue weighted by Gasteiger charge is 2.33. The number of carbonyl (C=O) groups is 1. The summed E-state index contributed by atoms with van der Waals surface area (Å²) in [7, 11) is 0. The lowest BCUT2D eigenvalue weighted by atomic mass is 9.98. The highest BCUT2D eigenvalue weighted by molar-refractivity contribution is 5.79. The van der Waals surface area contributed by atoms with Crippen molar-refractivity contribution in [2.75, 3.05) is 26.2 Å². The highest BCUT2D eigenvalue weighted by Crippen LogP contribution is 2.25. The largest absolute Gasteiger partial charge is 0.342 e. The van der Waals surface area contributed by atoms with Crippen molar-refractivity contribution in [3.05, 3.63) is 0 Å². The number of rotatable bonds is 1. The fourth-order valence-corrected chi connectivity index (χ4v) is 2.63. The molecule has 0 aliphatic carbocycles. The first-order valence-corrected chi connectivity index (χ1v) is 6.18. The predicted octanol–water partition coefficient (Wildman–Crippen LogP) is 1.10. The first-order chi connectivity index (χ1) is 7.18. The molecule has 0 aromatic rings. The van der Waals surface area contributed by atoms with E-state index in [1.165, 1.54) is 0 Å². The number of nitrogens with one attached hydrogen (secondary N) is 1. The summed E-state index contributed by atoms with van der Waals surface area (Å²) in [5, 5.41) is 3.31. The summed E-state index contributed by atoms with van der Waals surface area (Å²) in [5.41, 5.74) is 0. The van der Waals surface area contributed by atoms with Gasteiger partial charge in [0.05, 0.1) is 5.92 Å². The summed E-state index contributed by atoms with van der Waals surface area (Å²) < 4.78 is 0. The van der Waals surface area contributed by atoms with E-state index in [1.54, 1.807) is 0 Å². The number of hydrogen-bond acceptors (Lipinski definition) is 2. The molecule has 0 spiro atoms. The van der Waals surface area contributed by atoms with Crippen LogP contribution >= 0.6 is 0 Å². The zero-order chi connectivity index (χ0) is 10.8. The SMILES string of the molecule is CC1CN(C(=O)C2CCCNC2)CC1C. The average molecular weight is 210 g/mol. The monoisotopic (exact) mass is 210 g/mol. The molecule has 2 heterocycles. The Kier molecular flexibility index (Phi) is 3.29. The Balaban J connectivity index is 1.90. The van der Waals surface area contributed by atoms with Gasteiger partial charge in [-0.2, -0.15) is 0 Å². The van der Waals surface area contributed by atoms with Crippen molar-refractivity contribution < 1.29 is 4.79 Å². The molecule has 86 valence electrons. The molecule has 3 nitrogen and oxygen atoms in total. The van der Waals surface area contributed by atoms with Gasteiger partial charge in [-0.3, -0.25) is 4.79 Å². The van der Waals surface area contributed by atoms with Gasteiger partial charge in [0.15, 0.2) is 0 Å². The molecule has 2 aliphatic rings. The van der Waals surface area contributed by atoms with Gasteiger partial charge in [-0.15, -0.1) is 0 Å². The van der Waals surface area contributed by atoms with Gasteiger partial charge in [-0.1, -0.05) is 13.8 Å². The van der Waals surface area contributed by atoms with Gasteiger partial charge in [0.25, 0.3) is 0 Å². The van der Waals surface area contributed by atoms with Crippen molar-refractivity contribution in [2.45, 2.75) is 26.7 Å². The molecular formula is C12H22N2O. The summed E-state index contributed by atoms with van der Waals surface area (Å²) >= 11 is 0. The van der Waals surface area contributed by atoms with E-state index < -0.39 is 0 Å². The van der Waals surface area contributed by atoms with Crippen LogP contribution in [0.3, 0.4) is 0 Å². The van der Waals surface area contributed by atoms with Gasteiger partial charge in [-0.05, 0) is 31.2 Å². The third-order valence-electron chi connectivity index (χ3n) is 3.95. The molecule has 1 amide bonds. The van der Waals surface area contributed by atoms with E-state index in [0.717, 1.165) is 39.0 Å². The number of piperidine rings is 1. The van der Waals surface area contributed by atoms with Crippen molar-refractivity contribution in [2.24, 2.45) is 17.8 Å². The number of likely N-dealkylation sites (tertiary alicyclic amines) is 1. The Hall–Kier alpha value is -0.570. The maximum absolute atomic E-state index is 12.2. The second-order valence-corrected chi connectivity index (χ2v) is 5.24. The molecule has 15 heavy (non-hydrogen) atoms. The zero-order valence-corrected chi connectivity index (χ0v) is 9.83. The number of carbonyl (C=O) groups excluding carboxylic acids is 1. The van der Waals surface area contributed by atoms with E-state index >= 15 is 0 Å². The van der Waals surface area contributed by atoms with Gasteiger partial charge >= 0.3 is 0 Å². The molecule has 2 aliphatic heterocycles. The van der Waals surface area contributed by atoms with E-state index in [4.69, 9.17) is 0 Å². The zero-order valence-electron chi connectivity index (χ0n) is 9.83. The molecule has 2 fully saturated rings. The number of nitrogens with zero attached hydrogens (tertiary/aromatic N) is 1. The van der Waals surface area contributed by atoms with E-state index in [0.29, 0.717) is 17.7 Å². The fourth-order valence-electron chi connectivity index (χ4n) is 2.63. The smallest absolute Gasteiger partial charge is 0.226 e. The minimum absolute atomic E-state index is 0.247. The molecule has 0 saturated carbocycles. The molecule has 2 saturated heterocycles. The topological polar surface area (TPSA) is 32.3 Å². The van der Waals surface area contributed by atoms with Crippen LogP contribution < -0.4 is 5.32 Å². The average Bonchev–Trinajstić information content (AvgIpc) is 2.59.